The van der Waals surface area contributed by atoms with E-state index in [1.54, 1.807) is 0 Å². The molecule has 1 rings (SSSR count). The zero-order valence-corrected chi connectivity index (χ0v) is 12.0. The van der Waals surface area contributed by atoms with E-state index in [4.69, 9.17) is 17.3 Å². The molecular weight excluding hydrogens is 280 g/mol. The van der Waals surface area contributed by atoms with Crippen molar-refractivity contribution in [1.82, 2.24) is 5.32 Å². The van der Waals surface area contributed by atoms with Crippen LogP contribution in [-0.2, 0) is 4.79 Å². The molecule has 0 bridgehead atoms. The number of phenols is 1. The molecule has 6 nitrogen and oxygen atoms in total. The first kappa shape index (κ1) is 15.9. The fourth-order valence-corrected chi connectivity index (χ4v) is 1.73. The summed E-state index contributed by atoms with van der Waals surface area (Å²) >= 11 is 4.95. The fraction of sp³-hybridized carbons (Fsp3) is 0.308. The van der Waals surface area contributed by atoms with Gasteiger partial charge in [-0.15, -0.1) is 0 Å². The minimum Gasteiger partial charge on any atom is -0.507 e. The van der Waals surface area contributed by atoms with Crippen LogP contribution in [0.5, 0.6) is 5.75 Å². The molecule has 0 saturated carbocycles. The van der Waals surface area contributed by atoms with Crippen LogP contribution in [0.2, 0.25) is 0 Å². The molecule has 0 aliphatic rings. The van der Waals surface area contributed by atoms with Gasteiger partial charge in [0.2, 0.25) is 5.91 Å². The van der Waals surface area contributed by atoms with Crippen molar-refractivity contribution < 1.29 is 19.8 Å². The lowest BCUT2D eigenvalue weighted by atomic mass is 10.1. The lowest BCUT2D eigenvalue weighted by Crippen LogP contribution is -2.34. The predicted octanol–water partition coefficient (Wildman–Crippen LogP) is 1.95. The van der Waals surface area contributed by atoms with Crippen molar-refractivity contribution in [2.24, 2.45) is 5.92 Å². The molecule has 0 aliphatic heterocycles. The summed E-state index contributed by atoms with van der Waals surface area (Å²) in [5.74, 6) is -1.58. The number of aromatic carboxylic acids is 1. The molecule has 0 heterocycles. The Labute approximate surface area is 121 Å². The van der Waals surface area contributed by atoms with Gasteiger partial charge in [-0.2, -0.15) is 0 Å². The molecule has 0 atom stereocenters. The van der Waals surface area contributed by atoms with Gasteiger partial charge in [0.25, 0.3) is 0 Å². The largest absolute Gasteiger partial charge is 0.507 e. The van der Waals surface area contributed by atoms with E-state index in [1.807, 2.05) is 13.8 Å². The van der Waals surface area contributed by atoms with E-state index in [0.717, 1.165) is 0 Å². The first-order chi connectivity index (χ1) is 9.29. The molecule has 1 aromatic rings. The number of nitrogens with one attached hydrogen (secondary N) is 2. The molecule has 1 aromatic carbocycles. The van der Waals surface area contributed by atoms with Gasteiger partial charge in [-0.05, 0) is 36.3 Å². The Bertz CT molecular complexity index is 543. The predicted molar refractivity (Wildman–Crippen MR) is 78.9 cm³/mol. The topological polar surface area (TPSA) is 98.7 Å². The summed E-state index contributed by atoms with van der Waals surface area (Å²) in [7, 11) is 0. The van der Waals surface area contributed by atoms with Gasteiger partial charge >= 0.3 is 5.97 Å². The fourth-order valence-electron chi connectivity index (χ4n) is 1.50. The second-order valence-electron chi connectivity index (χ2n) is 4.64. The molecule has 0 aliphatic carbocycles. The number of aromatic hydroxyl groups is 1. The van der Waals surface area contributed by atoms with Gasteiger partial charge in [-0.3, -0.25) is 4.79 Å². The quantitative estimate of drug-likeness (QED) is 0.501. The number of hydrogen-bond acceptors (Lipinski definition) is 4. The Kier molecular flexibility index (Phi) is 5.45. The number of carboxylic acids is 1. The number of anilines is 1. The Morgan fingerprint density at radius 2 is 2.00 bits per heavy atom. The second kappa shape index (κ2) is 6.85. The van der Waals surface area contributed by atoms with Crippen LogP contribution in [0.4, 0.5) is 5.69 Å². The van der Waals surface area contributed by atoms with E-state index in [9.17, 15) is 14.7 Å². The van der Waals surface area contributed by atoms with Gasteiger partial charge < -0.3 is 20.8 Å². The highest BCUT2D eigenvalue weighted by atomic mass is 32.1. The number of amides is 1. The summed E-state index contributed by atoms with van der Waals surface area (Å²) in [6.07, 6.45) is 0.345. The third kappa shape index (κ3) is 4.85. The zero-order chi connectivity index (χ0) is 15.3. The van der Waals surface area contributed by atoms with Crippen LogP contribution in [0.15, 0.2) is 18.2 Å². The molecule has 0 fully saturated rings. The molecule has 4 N–H and O–H groups in total. The van der Waals surface area contributed by atoms with E-state index in [-0.39, 0.29) is 28.3 Å². The van der Waals surface area contributed by atoms with Gasteiger partial charge in [-0.25, -0.2) is 4.79 Å². The van der Waals surface area contributed by atoms with Crippen LogP contribution in [0.25, 0.3) is 0 Å². The monoisotopic (exact) mass is 296 g/mol. The number of hydrogen-bond donors (Lipinski definition) is 4. The summed E-state index contributed by atoms with van der Waals surface area (Å²) in [5.41, 5.74) is 0.126. The van der Waals surface area contributed by atoms with E-state index >= 15 is 0 Å². The summed E-state index contributed by atoms with van der Waals surface area (Å²) in [6.45, 7) is 3.82. The average molecular weight is 296 g/mol. The Hall–Kier alpha value is -2.15. The lowest BCUT2D eigenvalue weighted by molar-refractivity contribution is -0.120. The minimum atomic E-state index is -1.25. The van der Waals surface area contributed by atoms with Gasteiger partial charge in [0.05, 0.1) is 0 Å². The Balaban J connectivity index is 2.69. The van der Waals surface area contributed by atoms with Crippen molar-refractivity contribution in [3.63, 3.8) is 0 Å². The first-order valence-electron chi connectivity index (χ1n) is 5.96. The van der Waals surface area contributed by atoms with Crippen LogP contribution in [-0.4, -0.2) is 27.2 Å². The molecule has 0 saturated heterocycles. The van der Waals surface area contributed by atoms with Gasteiger partial charge in [-0.1, -0.05) is 13.8 Å². The number of carboxylic acid groups (broad SMARTS) is 1. The van der Waals surface area contributed by atoms with Crippen molar-refractivity contribution in [3.8, 4) is 5.75 Å². The smallest absolute Gasteiger partial charge is 0.339 e. The number of carbonyl (C=O) groups excluding carboxylic acids is 1. The maximum atomic E-state index is 11.5. The van der Waals surface area contributed by atoms with E-state index < -0.39 is 5.97 Å². The normalized spacial score (nSPS) is 10.2. The molecule has 7 heteroatoms. The average Bonchev–Trinajstić information content (AvgIpc) is 2.29. The van der Waals surface area contributed by atoms with Crippen molar-refractivity contribution in [2.75, 3.05) is 5.32 Å². The number of rotatable bonds is 4. The Morgan fingerprint density at radius 3 is 2.55 bits per heavy atom. The summed E-state index contributed by atoms with van der Waals surface area (Å²) < 4.78 is 0. The molecule has 20 heavy (non-hydrogen) atoms. The van der Waals surface area contributed by atoms with Crippen LogP contribution >= 0.6 is 12.2 Å². The zero-order valence-electron chi connectivity index (χ0n) is 11.1. The van der Waals surface area contributed by atoms with Crippen LogP contribution in [0, 0.1) is 5.92 Å². The van der Waals surface area contributed by atoms with Crippen molar-refractivity contribution in [2.45, 2.75) is 20.3 Å². The minimum absolute atomic E-state index is 0.0812. The first-order valence-corrected chi connectivity index (χ1v) is 6.37. The van der Waals surface area contributed by atoms with E-state index in [0.29, 0.717) is 12.1 Å². The summed E-state index contributed by atoms with van der Waals surface area (Å²) in [4.78, 5) is 22.4. The molecule has 108 valence electrons. The number of benzene rings is 1. The third-order valence-corrected chi connectivity index (χ3v) is 2.54. The van der Waals surface area contributed by atoms with Gasteiger partial charge in [0.15, 0.2) is 5.11 Å². The van der Waals surface area contributed by atoms with Gasteiger partial charge in [0.1, 0.15) is 11.3 Å². The second-order valence-corrected chi connectivity index (χ2v) is 5.05. The molecule has 1 amide bonds. The molecule has 0 spiro atoms. The van der Waals surface area contributed by atoms with Crippen molar-refractivity contribution in [3.05, 3.63) is 23.8 Å². The molecule has 0 radical (unpaired) electrons. The third-order valence-electron chi connectivity index (χ3n) is 2.33. The number of carbonyl (C=O) groups is 2. The Morgan fingerprint density at radius 1 is 1.35 bits per heavy atom. The maximum absolute atomic E-state index is 11.5. The molecular formula is C13H16N2O4S. The summed E-state index contributed by atoms with van der Waals surface area (Å²) in [6, 6.07) is 3.94. The van der Waals surface area contributed by atoms with E-state index in [2.05, 4.69) is 10.6 Å². The molecule has 0 aromatic heterocycles. The van der Waals surface area contributed by atoms with Crippen LogP contribution in [0.3, 0.4) is 0 Å². The highest BCUT2D eigenvalue weighted by Crippen LogP contribution is 2.21. The van der Waals surface area contributed by atoms with Crippen LogP contribution in [0.1, 0.15) is 30.6 Å². The van der Waals surface area contributed by atoms with E-state index in [1.165, 1.54) is 18.2 Å². The standard InChI is InChI=1S/C13H16N2O4S/c1-7(2)5-11(17)15-13(20)14-8-3-4-10(16)9(6-8)12(18)19/h3-4,6-7,16H,5H2,1-2H3,(H,18,19)(H2,14,15,17,20). The maximum Gasteiger partial charge on any atom is 0.339 e. The van der Waals surface area contributed by atoms with Crippen molar-refractivity contribution in [1.29, 1.82) is 0 Å². The lowest BCUT2D eigenvalue weighted by Gasteiger charge is -2.11. The SMILES string of the molecule is CC(C)CC(=O)NC(=S)Nc1ccc(O)c(C(=O)O)c1. The van der Waals surface area contributed by atoms with Crippen molar-refractivity contribution >= 4 is 34.9 Å². The van der Waals surface area contributed by atoms with Crippen LogP contribution < -0.4 is 10.6 Å². The number of thiocarbonyl (C=S) groups is 1. The highest BCUT2D eigenvalue weighted by molar-refractivity contribution is 7.80. The summed E-state index contributed by atoms with van der Waals surface area (Å²) in [5, 5.41) is 23.5. The molecule has 0 unspecified atom stereocenters. The van der Waals surface area contributed by atoms with Gasteiger partial charge in [0, 0.05) is 12.1 Å². The highest BCUT2D eigenvalue weighted by Gasteiger charge is 2.11.